The van der Waals surface area contributed by atoms with Crippen LogP contribution in [0.4, 0.5) is 11.4 Å². The summed E-state index contributed by atoms with van der Waals surface area (Å²) in [5, 5.41) is 3.46. The van der Waals surface area contributed by atoms with Gasteiger partial charge in [-0.3, -0.25) is 0 Å². The maximum absolute atomic E-state index is 5.77. The van der Waals surface area contributed by atoms with Crippen molar-refractivity contribution in [1.29, 1.82) is 0 Å². The molecule has 3 N–H and O–H groups in total. The second-order valence-corrected chi connectivity index (χ2v) is 4.55. The Labute approximate surface area is 97.6 Å². The molecule has 3 heteroatoms. The summed E-state index contributed by atoms with van der Waals surface area (Å²) in [6.45, 7) is 6.77. The molecule has 16 heavy (non-hydrogen) atoms. The number of nitrogens with one attached hydrogen (secondary N) is 1. The Morgan fingerprint density at radius 2 is 2.06 bits per heavy atom. The summed E-state index contributed by atoms with van der Waals surface area (Å²) >= 11 is 0. The van der Waals surface area contributed by atoms with Gasteiger partial charge in [0.1, 0.15) is 0 Å². The van der Waals surface area contributed by atoms with E-state index in [-0.39, 0.29) is 0 Å². The number of anilines is 2. The molecule has 1 heterocycles. The van der Waals surface area contributed by atoms with Crippen LogP contribution in [0.1, 0.15) is 18.4 Å². The first-order valence-electron chi connectivity index (χ1n) is 6.08. The number of nitrogens with two attached hydrogens (primary N) is 1. The molecule has 0 saturated carbocycles. The Bertz CT molecular complexity index is 343. The number of nitrogens with zero attached hydrogens (tertiary/aromatic N) is 1. The Morgan fingerprint density at radius 1 is 1.31 bits per heavy atom. The van der Waals surface area contributed by atoms with E-state index in [1.165, 1.54) is 37.2 Å². The molecule has 2 rings (SSSR count). The summed E-state index contributed by atoms with van der Waals surface area (Å²) in [4.78, 5) is 2.51. The lowest BCUT2D eigenvalue weighted by atomic mass is 10.2. The van der Waals surface area contributed by atoms with Gasteiger partial charge in [0.2, 0.25) is 0 Å². The van der Waals surface area contributed by atoms with E-state index in [0.717, 1.165) is 18.8 Å². The minimum Gasteiger partial charge on any atom is -0.399 e. The standard InChI is InChI=1S/C13H21N3/c1-11-4-5-12(14)10-13(11)15-6-9-16-7-2-3-8-16/h4-5,10,15H,2-3,6-9,14H2,1H3. The van der Waals surface area contributed by atoms with Crippen LogP contribution < -0.4 is 11.1 Å². The van der Waals surface area contributed by atoms with E-state index in [9.17, 15) is 0 Å². The van der Waals surface area contributed by atoms with Gasteiger partial charge >= 0.3 is 0 Å². The van der Waals surface area contributed by atoms with Crippen molar-refractivity contribution in [3.05, 3.63) is 23.8 Å². The smallest absolute Gasteiger partial charge is 0.0390 e. The maximum Gasteiger partial charge on any atom is 0.0390 e. The molecule has 1 fully saturated rings. The predicted molar refractivity (Wildman–Crippen MR) is 69.8 cm³/mol. The zero-order chi connectivity index (χ0) is 11.4. The van der Waals surface area contributed by atoms with Crippen molar-refractivity contribution < 1.29 is 0 Å². The molecule has 1 aliphatic heterocycles. The molecule has 0 atom stereocenters. The number of nitrogen functional groups attached to an aromatic ring is 1. The van der Waals surface area contributed by atoms with E-state index in [1.807, 2.05) is 12.1 Å². The lowest BCUT2D eigenvalue weighted by molar-refractivity contribution is 0.352. The van der Waals surface area contributed by atoms with Gasteiger partial charge < -0.3 is 16.0 Å². The first-order valence-corrected chi connectivity index (χ1v) is 6.08. The fourth-order valence-electron chi connectivity index (χ4n) is 2.18. The van der Waals surface area contributed by atoms with Crippen molar-refractivity contribution in [3.63, 3.8) is 0 Å². The highest BCUT2D eigenvalue weighted by molar-refractivity contribution is 5.59. The van der Waals surface area contributed by atoms with Crippen LogP contribution in [0.3, 0.4) is 0 Å². The summed E-state index contributed by atoms with van der Waals surface area (Å²) < 4.78 is 0. The molecule has 0 radical (unpaired) electrons. The zero-order valence-electron chi connectivity index (χ0n) is 10.00. The topological polar surface area (TPSA) is 41.3 Å². The molecule has 1 saturated heterocycles. The van der Waals surface area contributed by atoms with E-state index < -0.39 is 0 Å². The van der Waals surface area contributed by atoms with Crippen LogP contribution in [0, 0.1) is 6.92 Å². The van der Waals surface area contributed by atoms with Crippen LogP contribution in [0.2, 0.25) is 0 Å². The molecule has 0 aromatic heterocycles. The number of benzene rings is 1. The van der Waals surface area contributed by atoms with Crippen LogP contribution in [0.25, 0.3) is 0 Å². The molecule has 0 amide bonds. The minimum absolute atomic E-state index is 0.828. The zero-order valence-corrected chi connectivity index (χ0v) is 10.00. The largest absolute Gasteiger partial charge is 0.399 e. The maximum atomic E-state index is 5.77. The second kappa shape index (κ2) is 5.21. The lowest BCUT2D eigenvalue weighted by Crippen LogP contribution is -2.26. The van der Waals surface area contributed by atoms with Gasteiger partial charge in [0, 0.05) is 24.5 Å². The highest BCUT2D eigenvalue weighted by atomic mass is 15.1. The highest BCUT2D eigenvalue weighted by Crippen LogP contribution is 2.17. The first kappa shape index (κ1) is 11.3. The fraction of sp³-hybridized carbons (Fsp3) is 0.538. The summed E-state index contributed by atoms with van der Waals surface area (Å²) in [5.74, 6) is 0. The minimum atomic E-state index is 0.828. The molecule has 0 unspecified atom stereocenters. The molecular formula is C13H21N3. The van der Waals surface area contributed by atoms with E-state index in [0.29, 0.717) is 0 Å². The molecule has 1 aromatic carbocycles. The normalized spacial score (nSPS) is 16.6. The third-order valence-corrected chi connectivity index (χ3v) is 3.20. The lowest BCUT2D eigenvalue weighted by Gasteiger charge is -2.16. The van der Waals surface area contributed by atoms with Gasteiger partial charge in [-0.05, 0) is 50.6 Å². The quantitative estimate of drug-likeness (QED) is 0.762. The van der Waals surface area contributed by atoms with Gasteiger partial charge in [-0.25, -0.2) is 0 Å². The average Bonchev–Trinajstić information content (AvgIpc) is 2.76. The molecule has 0 bridgehead atoms. The molecule has 1 aromatic rings. The Balaban J connectivity index is 1.82. The molecule has 0 spiro atoms. The van der Waals surface area contributed by atoms with Crippen LogP contribution in [-0.2, 0) is 0 Å². The van der Waals surface area contributed by atoms with E-state index in [2.05, 4.69) is 23.2 Å². The van der Waals surface area contributed by atoms with Crippen molar-refractivity contribution in [2.24, 2.45) is 0 Å². The number of hydrogen-bond acceptors (Lipinski definition) is 3. The van der Waals surface area contributed by atoms with Crippen molar-refractivity contribution in [2.75, 3.05) is 37.2 Å². The van der Waals surface area contributed by atoms with Gasteiger partial charge in [-0.15, -0.1) is 0 Å². The second-order valence-electron chi connectivity index (χ2n) is 4.55. The molecular weight excluding hydrogens is 198 g/mol. The Hall–Kier alpha value is -1.22. The van der Waals surface area contributed by atoms with Crippen molar-refractivity contribution in [3.8, 4) is 0 Å². The van der Waals surface area contributed by atoms with Crippen molar-refractivity contribution in [2.45, 2.75) is 19.8 Å². The monoisotopic (exact) mass is 219 g/mol. The summed E-state index contributed by atoms with van der Waals surface area (Å²) in [6, 6.07) is 6.02. The van der Waals surface area contributed by atoms with Crippen molar-refractivity contribution in [1.82, 2.24) is 4.90 Å². The summed E-state index contributed by atoms with van der Waals surface area (Å²) in [5.41, 5.74) is 9.02. The predicted octanol–water partition coefficient (Wildman–Crippen LogP) is 2.08. The summed E-state index contributed by atoms with van der Waals surface area (Å²) in [7, 11) is 0. The van der Waals surface area contributed by atoms with Crippen molar-refractivity contribution >= 4 is 11.4 Å². The van der Waals surface area contributed by atoms with Gasteiger partial charge in [0.15, 0.2) is 0 Å². The van der Waals surface area contributed by atoms with E-state index in [1.54, 1.807) is 0 Å². The van der Waals surface area contributed by atoms with Gasteiger partial charge in [-0.2, -0.15) is 0 Å². The third-order valence-electron chi connectivity index (χ3n) is 3.20. The van der Waals surface area contributed by atoms with E-state index in [4.69, 9.17) is 5.73 Å². The third kappa shape index (κ3) is 2.89. The highest BCUT2D eigenvalue weighted by Gasteiger charge is 2.10. The van der Waals surface area contributed by atoms with Crippen LogP contribution in [-0.4, -0.2) is 31.1 Å². The fourth-order valence-corrected chi connectivity index (χ4v) is 2.18. The molecule has 88 valence electrons. The Kier molecular flexibility index (Phi) is 3.67. The van der Waals surface area contributed by atoms with Gasteiger partial charge in [0.25, 0.3) is 0 Å². The number of rotatable bonds is 4. The SMILES string of the molecule is Cc1ccc(N)cc1NCCN1CCCC1. The van der Waals surface area contributed by atoms with Gasteiger partial charge in [-0.1, -0.05) is 6.07 Å². The number of hydrogen-bond donors (Lipinski definition) is 2. The number of likely N-dealkylation sites (tertiary alicyclic amines) is 1. The van der Waals surface area contributed by atoms with E-state index >= 15 is 0 Å². The van der Waals surface area contributed by atoms with Crippen LogP contribution >= 0.6 is 0 Å². The van der Waals surface area contributed by atoms with Crippen LogP contribution in [0.5, 0.6) is 0 Å². The Morgan fingerprint density at radius 3 is 2.81 bits per heavy atom. The first-order chi connectivity index (χ1) is 7.75. The summed E-state index contributed by atoms with van der Waals surface area (Å²) in [6.07, 6.45) is 2.72. The van der Waals surface area contributed by atoms with Crippen LogP contribution in [0.15, 0.2) is 18.2 Å². The average molecular weight is 219 g/mol. The molecule has 0 aliphatic carbocycles. The molecule has 1 aliphatic rings. The number of aryl methyl sites for hydroxylation is 1. The van der Waals surface area contributed by atoms with Gasteiger partial charge in [0.05, 0.1) is 0 Å². The molecule has 3 nitrogen and oxygen atoms in total.